The van der Waals surface area contributed by atoms with Gasteiger partial charge in [0.15, 0.2) is 0 Å². The van der Waals surface area contributed by atoms with Gasteiger partial charge in [-0.2, -0.15) is 0 Å². The van der Waals surface area contributed by atoms with Crippen LogP contribution in [0.4, 0.5) is 4.79 Å². The van der Waals surface area contributed by atoms with Gasteiger partial charge in [-0.05, 0) is 52.5 Å². The maximum absolute atomic E-state index is 12.2. The molecular weight excluding hydrogens is 324 g/mol. The van der Waals surface area contributed by atoms with Crippen LogP contribution in [0.15, 0.2) is 0 Å². The summed E-state index contributed by atoms with van der Waals surface area (Å²) in [4.78, 5) is 36.5. The summed E-state index contributed by atoms with van der Waals surface area (Å²) < 4.78 is 5.22. The predicted molar refractivity (Wildman–Crippen MR) is 96.7 cm³/mol. The van der Waals surface area contributed by atoms with Gasteiger partial charge in [0.25, 0.3) is 0 Å². The van der Waals surface area contributed by atoms with Gasteiger partial charge in [-0.1, -0.05) is 13.8 Å². The first-order valence-corrected chi connectivity index (χ1v) is 8.69. The average Bonchev–Trinajstić information content (AvgIpc) is 2.40. The molecular formula is C17H34N4O4. The van der Waals surface area contributed by atoms with Crippen LogP contribution < -0.4 is 22.1 Å². The molecule has 3 amide bonds. The molecule has 0 spiro atoms. The van der Waals surface area contributed by atoms with Crippen molar-refractivity contribution in [1.29, 1.82) is 0 Å². The molecule has 0 radical (unpaired) electrons. The van der Waals surface area contributed by atoms with Crippen molar-refractivity contribution in [3.8, 4) is 0 Å². The van der Waals surface area contributed by atoms with Crippen LogP contribution >= 0.6 is 0 Å². The van der Waals surface area contributed by atoms with Gasteiger partial charge in [0.05, 0.1) is 6.42 Å². The van der Waals surface area contributed by atoms with E-state index >= 15 is 0 Å². The summed E-state index contributed by atoms with van der Waals surface area (Å²) in [6.07, 6.45) is 0.766. The number of unbranched alkanes of at least 4 members (excludes halogenated alkanes) is 1. The number of amides is 3. The number of ether oxygens (including phenoxy) is 1. The van der Waals surface area contributed by atoms with Crippen molar-refractivity contribution >= 4 is 17.9 Å². The molecule has 0 saturated heterocycles. The summed E-state index contributed by atoms with van der Waals surface area (Å²) >= 11 is 0. The van der Waals surface area contributed by atoms with E-state index in [1.807, 2.05) is 13.8 Å². The molecule has 0 aliphatic carbocycles. The van der Waals surface area contributed by atoms with E-state index in [1.165, 1.54) is 0 Å². The van der Waals surface area contributed by atoms with E-state index in [2.05, 4.69) is 10.6 Å². The fourth-order valence-electron chi connectivity index (χ4n) is 2.45. The second-order valence-electron chi connectivity index (χ2n) is 7.69. The number of primary amides is 1. The molecule has 0 aliphatic rings. The number of nitrogens with two attached hydrogens (primary N) is 2. The molecule has 0 saturated carbocycles. The van der Waals surface area contributed by atoms with E-state index in [9.17, 15) is 14.4 Å². The normalized spacial score (nSPS) is 13.9. The molecule has 0 aromatic heterocycles. The summed E-state index contributed by atoms with van der Waals surface area (Å²) in [5.41, 5.74) is 8.74. The highest BCUT2D eigenvalue weighted by Gasteiger charge is 2.42. The summed E-state index contributed by atoms with van der Waals surface area (Å²) in [5.74, 6) is -1.08. The van der Waals surface area contributed by atoms with Gasteiger partial charge in [-0.15, -0.1) is 0 Å². The lowest BCUT2D eigenvalue weighted by Crippen LogP contribution is -2.60. The minimum Gasteiger partial charge on any atom is -0.444 e. The van der Waals surface area contributed by atoms with Crippen LogP contribution in [0.5, 0.6) is 0 Å². The first-order valence-electron chi connectivity index (χ1n) is 8.69. The molecule has 1 atom stereocenters. The number of hydrogen-bond acceptors (Lipinski definition) is 5. The molecule has 8 nitrogen and oxygen atoms in total. The third-order valence-corrected chi connectivity index (χ3v) is 3.38. The minimum absolute atomic E-state index is 0.0347. The summed E-state index contributed by atoms with van der Waals surface area (Å²) in [7, 11) is 0. The molecule has 6 N–H and O–H groups in total. The van der Waals surface area contributed by atoms with Crippen molar-refractivity contribution in [2.45, 2.75) is 71.4 Å². The summed E-state index contributed by atoms with van der Waals surface area (Å²) in [6, 6.07) is 0. The Morgan fingerprint density at radius 3 is 2.16 bits per heavy atom. The standard InChI is InChI=1S/C17H34N4O4/c1-12(2)10-17(14(19)23,21-15(24)25-16(3,4)5)11-13(22)20-9-7-6-8-18/h12H,6-11,18H2,1-5H3,(H2,19,23)(H,20,22)(H,21,24). The van der Waals surface area contributed by atoms with E-state index in [0.717, 1.165) is 12.8 Å². The highest BCUT2D eigenvalue weighted by atomic mass is 16.6. The first kappa shape index (κ1) is 23.2. The van der Waals surface area contributed by atoms with Crippen molar-refractivity contribution < 1.29 is 19.1 Å². The van der Waals surface area contributed by atoms with Gasteiger partial charge in [-0.3, -0.25) is 9.59 Å². The zero-order valence-electron chi connectivity index (χ0n) is 16.1. The van der Waals surface area contributed by atoms with Crippen LogP contribution in [-0.4, -0.2) is 42.1 Å². The van der Waals surface area contributed by atoms with Crippen molar-refractivity contribution in [3.63, 3.8) is 0 Å². The molecule has 0 aromatic rings. The maximum Gasteiger partial charge on any atom is 0.408 e. The second-order valence-corrected chi connectivity index (χ2v) is 7.69. The first-order chi connectivity index (χ1) is 11.4. The fourth-order valence-corrected chi connectivity index (χ4v) is 2.45. The molecule has 0 aromatic carbocycles. The quantitative estimate of drug-likeness (QED) is 0.432. The van der Waals surface area contributed by atoms with Crippen LogP contribution in [-0.2, 0) is 14.3 Å². The maximum atomic E-state index is 12.2. The van der Waals surface area contributed by atoms with Crippen molar-refractivity contribution in [2.24, 2.45) is 17.4 Å². The number of carbonyl (C=O) groups excluding carboxylic acids is 3. The number of hydrogen-bond donors (Lipinski definition) is 4. The molecule has 1 unspecified atom stereocenters. The van der Waals surface area contributed by atoms with Gasteiger partial charge in [0, 0.05) is 6.54 Å². The van der Waals surface area contributed by atoms with E-state index in [-0.39, 0.29) is 24.7 Å². The Morgan fingerprint density at radius 1 is 1.12 bits per heavy atom. The molecule has 0 aliphatic heterocycles. The summed E-state index contributed by atoms with van der Waals surface area (Å²) in [5, 5.41) is 5.26. The van der Waals surface area contributed by atoms with Gasteiger partial charge in [0.2, 0.25) is 11.8 Å². The number of carbonyl (C=O) groups is 3. The Morgan fingerprint density at radius 2 is 1.72 bits per heavy atom. The highest BCUT2D eigenvalue weighted by molar-refractivity contribution is 5.94. The lowest BCUT2D eigenvalue weighted by molar-refractivity contribution is -0.131. The third-order valence-electron chi connectivity index (χ3n) is 3.38. The Labute approximate surface area is 150 Å². The fraction of sp³-hybridized carbons (Fsp3) is 0.824. The topological polar surface area (TPSA) is 137 Å². The lowest BCUT2D eigenvalue weighted by Gasteiger charge is -2.33. The Balaban J connectivity index is 5.14. The Kier molecular flexibility index (Phi) is 9.48. The van der Waals surface area contributed by atoms with E-state index in [1.54, 1.807) is 20.8 Å². The monoisotopic (exact) mass is 358 g/mol. The highest BCUT2D eigenvalue weighted by Crippen LogP contribution is 2.22. The molecule has 25 heavy (non-hydrogen) atoms. The smallest absolute Gasteiger partial charge is 0.408 e. The zero-order chi connectivity index (χ0) is 19.7. The van der Waals surface area contributed by atoms with Crippen LogP contribution in [0.2, 0.25) is 0 Å². The second kappa shape index (κ2) is 10.2. The zero-order valence-corrected chi connectivity index (χ0v) is 16.1. The number of nitrogens with one attached hydrogen (secondary N) is 2. The van der Waals surface area contributed by atoms with Gasteiger partial charge in [-0.25, -0.2) is 4.79 Å². The summed E-state index contributed by atoms with van der Waals surface area (Å²) in [6.45, 7) is 9.91. The number of alkyl carbamates (subject to hydrolysis) is 1. The van der Waals surface area contributed by atoms with Gasteiger partial charge >= 0.3 is 6.09 Å². The average molecular weight is 358 g/mol. The number of rotatable bonds is 10. The van der Waals surface area contributed by atoms with Crippen LogP contribution in [0.1, 0.15) is 60.3 Å². The van der Waals surface area contributed by atoms with Crippen LogP contribution in [0.25, 0.3) is 0 Å². The van der Waals surface area contributed by atoms with Crippen molar-refractivity contribution in [2.75, 3.05) is 13.1 Å². The molecule has 0 bridgehead atoms. The van der Waals surface area contributed by atoms with Crippen LogP contribution in [0.3, 0.4) is 0 Å². The van der Waals surface area contributed by atoms with Gasteiger partial charge in [0.1, 0.15) is 11.1 Å². The Hall–Kier alpha value is -1.83. The predicted octanol–water partition coefficient (Wildman–Crippen LogP) is 1.03. The molecule has 8 heteroatoms. The van der Waals surface area contributed by atoms with E-state index in [0.29, 0.717) is 13.1 Å². The van der Waals surface area contributed by atoms with E-state index in [4.69, 9.17) is 16.2 Å². The van der Waals surface area contributed by atoms with Gasteiger partial charge < -0.3 is 26.8 Å². The molecule has 0 heterocycles. The lowest BCUT2D eigenvalue weighted by atomic mass is 9.84. The Bertz CT molecular complexity index is 460. The molecule has 0 rings (SSSR count). The molecule has 0 fully saturated rings. The van der Waals surface area contributed by atoms with Crippen molar-refractivity contribution in [1.82, 2.24) is 10.6 Å². The minimum atomic E-state index is -1.49. The largest absolute Gasteiger partial charge is 0.444 e. The van der Waals surface area contributed by atoms with Crippen LogP contribution in [0, 0.1) is 5.92 Å². The van der Waals surface area contributed by atoms with Crippen molar-refractivity contribution in [3.05, 3.63) is 0 Å². The SMILES string of the molecule is CC(C)CC(CC(=O)NCCCCN)(NC(=O)OC(C)(C)C)C(N)=O. The third kappa shape index (κ3) is 9.91. The molecule has 146 valence electrons. The van der Waals surface area contributed by atoms with E-state index < -0.39 is 23.1 Å².